The van der Waals surface area contributed by atoms with Crippen molar-refractivity contribution in [3.8, 4) is 6.07 Å². The molecular formula is C10H11N3O2. The van der Waals surface area contributed by atoms with Gasteiger partial charge in [0.1, 0.15) is 6.07 Å². The van der Waals surface area contributed by atoms with Gasteiger partial charge in [-0.1, -0.05) is 0 Å². The maximum absolute atomic E-state index is 11.3. The van der Waals surface area contributed by atoms with Crippen molar-refractivity contribution in [1.29, 1.82) is 5.26 Å². The number of nitriles is 1. The van der Waals surface area contributed by atoms with Gasteiger partial charge in [0, 0.05) is 0 Å². The zero-order valence-electron chi connectivity index (χ0n) is 8.28. The first-order chi connectivity index (χ1) is 7.22. The third-order valence-electron chi connectivity index (χ3n) is 1.81. The lowest BCUT2D eigenvalue weighted by molar-refractivity contribution is 0.0526. The number of carbonyl (C=O) groups is 1. The van der Waals surface area contributed by atoms with E-state index in [0.717, 1.165) is 0 Å². The Balaban J connectivity index is 3.04. The van der Waals surface area contributed by atoms with Gasteiger partial charge >= 0.3 is 5.97 Å². The summed E-state index contributed by atoms with van der Waals surface area (Å²) in [5, 5.41) is 8.79. The summed E-state index contributed by atoms with van der Waals surface area (Å²) in [5.74, 6) is 4.75. The van der Waals surface area contributed by atoms with Gasteiger partial charge in [0.05, 0.1) is 23.4 Å². The number of ether oxygens (including phenoxy) is 1. The highest BCUT2D eigenvalue weighted by molar-refractivity contribution is 5.90. The van der Waals surface area contributed by atoms with Crippen molar-refractivity contribution in [2.75, 3.05) is 12.0 Å². The molecule has 0 aliphatic carbocycles. The average Bonchev–Trinajstić information content (AvgIpc) is 2.28. The molecule has 5 heteroatoms. The Hall–Kier alpha value is -2.06. The highest BCUT2D eigenvalue weighted by Gasteiger charge is 2.09. The number of hydrogen-bond acceptors (Lipinski definition) is 5. The lowest BCUT2D eigenvalue weighted by atomic mass is 10.1. The second-order valence-electron chi connectivity index (χ2n) is 2.74. The first kappa shape index (κ1) is 11.0. The molecule has 1 rings (SSSR count). The summed E-state index contributed by atoms with van der Waals surface area (Å²) in [6, 6.07) is 6.48. The number of hydrogen-bond donors (Lipinski definition) is 2. The quantitative estimate of drug-likeness (QED) is 0.437. The first-order valence-electron chi connectivity index (χ1n) is 4.40. The van der Waals surface area contributed by atoms with Crippen molar-refractivity contribution < 1.29 is 9.53 Å². The normalized spacial score (nSPS) is 9.13. The number of nitrogen functional groups attached to an aromatic ring is 1. The predicted octanol–water partition coefficient (Wildman–Crippen LogP) is 1.02. The summed E-state index contributed by atoms with van der Waals surface area (Å²) in [6.45, 7) is 2.02. The van der Waals surface area contributed by atoms with E-state index in [-0.39, 0.29) is 0 Å². The van der Waals surface area contributed by atoms with E-state index in [1.54, 1.807) is 19.1 Å². The molecule has 1 aromatic rings. The molecule has 0 saturated carbocycles. The summed E-state index contributed by atoms with van der Waals surface area (Å²) in [4.78, 5) is 11.3. The molecule has 0 amide bonds. The molecule has 0 unspecified atom stereocenters. The number of benzene rings is 1. The van der Waals surface area contributed by atoms with Gasteiger partial charge < -0.3 is 10.2 Å². The van der Waals surface area contributed by atoms with E-state index in [2.05, 4.69) is 5.43 Å². The highest BCUT2D eigenvalue weighted by atomic mass is 16.5. The van der Waals surface area contributed by atoms with Gasteiger partial charge in [0.25, 0.3) is 0 Å². The van der Waals surface area contributed by atoms with Crippen LogP contribution in [-0.4, -0.2) is 12.6 Å². The molecule has 78 valence electrons. The van der Waals surface area contributed by atoms with Crippen LogP contribution in [0.3, 0.4) is 0 Å². The van der Waals surface area contributed by atoms with Crippen LogP contribution < -0.4 is 11.3 Å². The van der Waals surface area contributed by atoms with E-state index >= 15 is 0 Å². The molecule has 0 aromatic heterocycles. The van der Waals surface area contributed by atoms with Crippen LogP contribution in [0.1, 0.15) is 22.8 Å². The maximum atomic E-state index is 11.3. The maximum Gasteiger partial charge on any atom is 0.338 e. The molecule has 15 heavy (non-hydrogen) atoms. The molecule has 0 aliphatic rings. The van der Waals surface area contributed by atoms with Crippen LogP contribution in [0.5, 0.6) is 0 Å². The van der Waals surface area contributed by atoms with Gasteiger partial charge in [-0.3, -0.25) is 5.84 Å². The van der Waals surface area contributed by atoms with Crippen LogP contribution >= 0.6 is 0 Å². The standard InChI is InChI=1S/C10H11N3O2/c1-2-15-10(14)7-3-4-9(13-12)8(5-7)6-11/h3-5,13H,2,12H2,1H3. The Labute approximate surface area is 87.4 Å². The monoisotopic (exact) mass is 205 g/mol. The molecule has 0 atom stereocenters. The lowest BCUT2D eigenvalue weighted by Crippen LogP contribution is -2.10. The number of anilines is 1. The average molecular weight is 205 g/mol. The Bertz CT molecular complexity index is 410. The number of nitrogens with one attached hydrogen (secondary N) is 1. The van der Waals surface area contributed by atoms with Crippen LogP contribution in [0, 0.1) is 11.3 Å². The van der Waals surface area contributed by atoms with Gasteiger partial charge in [-0.2, -0.15) is 5.26 Å². The predicted molar refractivity (Wildman–Crippen MR) is 54.9 cm³/mol. The minimum atomic E-state index is -0.447. The Morgan fingerprint density at radius 2 is 2.40 bits per heavy atom. The zero-order chi connectivity index (χ0) is 11.3. The number of hydrazine groups is 1. The van der Waals surface area contributed by atoms with Crippen molar-refractivity contribution in [2.24, 2.45) is 5.84 Å². The Kier molecular flexibility index (Phi) is 3.66. The fourth-order valence-electron chi connectivity index (χ4n) is 1.10. The van der Waals surface area contributed by atoms with Crippen molar-refractivity contribution in [3.05, 3.63) is 29.3 Å². The summed E-state index contributed by atoms with van der Waals surface area (Å²) in [5.41, 5.74) is 3.50. The van der Waals surface area contributed by atoms with Crippen LogP contribution in [0.4, 0.5) is 5.69 Å². The molecule has 5 nitrogen and oxygen atoms in total. The van der Waals surface area contributed by atoms with Gasteiger partial charge in [-0.15, -0.1) is 0 Å². The second-order valence-corrected chi connectivity index (χ2v) is 2.74. The SMILES string of the molecule is CCOC(=O)c1ccc(NN)c(C#N)c1. The largest absolute Gasteiger partial charge is 0.462 e. The number of carbonyl (C=O) groups excluding carboxylic acids is 1. The van der Waals surface area contributed by atoms with E-state index in [1.165, 1.54) is 6.07 Å². The van der Waals surface area contributed by atoms with Crippen LogP contribution in [0.25, 0.3) is 0 Å². The summed E-state index contributed by atoms with van der Waals surface area (Å²) in [6.07, 6.45) is 0. The molecule has 0 radical (unpaired) electrons. The van der Waals surface area contributed by atoms with E-state index in [1.807, 2.05) is 6.07 Å². The van der Waals surface area contributed by atoms with E-state index < -0.39 is 5.97 Å². The van der Waals surface area contributed by atoms with Crippen molar-refractivity contribution in [2.45, 2.75) is 6.92 Å². The highest BCUT2D eigenvalue weighted by Crippen LogP contribution is 2.16. The smallest absolute Gasteiger partial charge is 0.338 e. The number of nitrogens with zero attached hydrogens (tertiary/aromatic N) is 1. The third-order valence-corrected chi connectivity index (χ3v) is 1.81. The third kappa shape index (κ3) is 2.45. The summed E-state index contributed by atoms with van der Waals surface area (Å²) >= 11 is 0. The molecule has 1 aromatic carbocycles. The van der Waals surface area contributed by atoms with Gasteiger partial charge in [-0.25, -0.2) is 4.79 Å². The van der Waals surface area contributed by atoms with E-state index in [0.29, 0.717) is 23.4 Å². The Morgan fingerprint density at radius 1 is 1.67 bits per heavy atom. The van der Waals surface area contributed by atoms with E-state index in [4.69, 9.17) is 15.8 Å². The molecule has 0 heterocycles. The summed E-state index contributed by atoms with van der Waals surface area (Å²) < 4.78 is 4.80. The topological polar surface area (TPSA) is 88.1 Å². The molecule has 0 aliphatic heterocycles. The van der Waals surface area contributed by atoms with Crippen molar-refractivity contribution in [1.82, 2.24) is 0 Å². The minimum absolute atomic E-state index is 0.303. The molecule has 0 fully saturated rings. The van der Waals surface area contributed by atoms with Crippen LogP contribution in [-0.2, 0) is 4.74 Å². The lowest BCUT2D eigenvalue weighted by Gasteiger charge is -2.05. The fraction of sp³-hybridized carbons (Fsp3) is 0.200. The van der Waals surface area contributed by atoms with Gasteiger partial charge in [-0.05, 0) is 25.1 Å². The number of rotatable bonds is 3. The van der Waals surface area contributed by atoms with Crippen LogP contribution in [0.15, 0.2) is 18.2 Å². The van der Waals surface area contributed by atoms with Gasteiger partial charge in [0.2, 0.25) is 0 Å². The summed E-state index contributed by atoms with van der Waals surface area (Å²) in [7, 11) is 0. The van der Waals surface area contributed by atoms with Crippen molar-refractivity contribution in [3.63, 3.8) is 0 Å². The molecule has 0 saturated heterocycles. The van der Waals surface area contributed by atoms with E-state index in [9.17, 15) is 4.79 Å². The zero-order valence-corrected chi connectivity index (χ0v) is 8.28. The Morgan fingerprint density at radius 3 is 2.93 bits per heavy atom. The number of esters is 1. The first-order valence-corrected chi connectivity index (χ1v) is 4.40. The molecular weight excluding hydrogens is 194 g/mol. The number of nitrogens with two attached hydrogens (primary N) is 1. The molecule has 0 spiro atoms. The second kappa shape index (κ2) is 4.98. The van der Waals surface area contributed by atoms with Crippen molar-refractivity contribution >= 4 is 11.7 Å². The fourth-order valence-corrected chi connectivity index (χ4v) is 1.10. The van der Waals surface area contributed by atoms with Gasteiger partial charge in [0.15, 0.2) is 0 Å². The van der Waals surface area contributed by atoms with Crippen LogP contribution in [0.2, 0.25) is 0 Å². The molecule has 3 N–H and O–H groups in total. The molecule has 0 bridgehead atoms. The minimum Gasteiger partial charge on any atom is -0.462 e.